The van der Waals surface area contributed by atoms with Crippen LogP contribution in [0.3, 0.4) is 0 Å². The fraction of sp³-hybridized carbons (Fsp3) is 0.417. The Labute approximate surface area is 173 Å². The van der Waals surface area contributed by atoms with Crippen molar-refractivity contribution in [3.8, 4) is 0 Å². The van der Waals surface area contributed by atoms with Crippen molar-refractivity contribution < 1.29 is 19.4 Å². The topological polar surface area (TPSA) is 66.8 Å². The van der Waals surface area contributed by atoms with Crippen LogP contribution >= 0.6 is 0 Å². The van der Waals surface area contributed by atoms with Crippen LogP contribution in [0, 0.1) is 5.92 Å². The van der Waals surface area contributed by atoms with Crippen LogP contribution in [0.2, 0.25) is 0 Å². The van der Waals surface area contributed by atoms with Crippen LogP contribution < -0.4 is 0 Å². The number of benzene rings is 2. The minimum atomic E-state index is -1.54. The summed E-state index contributed by atoms with van der Waals surface area (Å²) in [6, 6.07) is 16.4. The molecule has 0 aliphatic heterocycles. The van der Waals surface area contributed by atoms with Gasteiger partial charge in [-0.1, -0.05) is 68.4 Å². The average Bonchev–Trinajstić information content (AvgIpc) is 2.66. The Balaban J connectivity index is 2.31. The highest BCUT2D eigenvalue weighted by Crippen LogP contribution is 2.32. The third-order valence-corrected chi connectivity index (χ3v) is 4.98. The average molecular weight is 398 g/mol. The highest BCUT2D eigenvalue weighted by Gasteiger charge is 2.46. The van der Waals surface area contributed by atoms with Crippen molar-refractivity contribution in [1.29, 1.82) is 0 Å². The van der Waals surface area contributed by atoms with Gasteiger partial charge in [-0.3, -0.25) is 4.90 Å². The Morgan fingerprint density at radius 1 is 0.966 bits per heavy atom. The molecule has 0 fully saturated rings. The van der Waals surface area contributed by atoms with Gasteiger partial charge in [0, 0.05) is 6.04 Å². The molecular weight excluding hydrogens is 366 g/mol. The SMILES string of the molecule is CC(C)Cc1ccc(C(C)(C(=O)O)N(C(=O)OCc2ccccc2)C(C)C)cc1. The second-order valence-electron chi connectivity index (χ2n) is 8.18. The Bertz CT molecular complexity index is 815. The lowest BCUT2D eigenvalue weighted by Gasteiger charge is -2.40. The van der Waals surface area contributed by atoms with Crippen molar-refractivity contribution in [3.05, 3.63) is 71.3 Å². The van der Waals surface area contributed by atoms with Crippen molar-refractivity contribution in [3.63, 3.8) is 0 Å². The minimum absolute atomic E-state index is 0.0892. The predicted molar refractivity (Wildman–Crippen MR) is 114 cm³/mol. The van der Waals surface area contributed by atoms with E-state index in [-0.39, 0.29) is 12.6 Å². The summed E-state index contributed by atoms with van der Waals surface area (Å²) in [5.74, 6) is -0.591. The van der Waals surface area contributed by atoms with E-state index >= 15 is 0 Å². The quantitative estimate of drug-likeness (QED) is 0.662. The number of hydrogen-bond donors (Lipinski definition) is 1. The van der Waals surface area contributed by atoms with Gasteiger partial charge in [-0.15, -0.1) is 0 Å². The fourth-order valence-corrected chi connectivity index (χ4v) is 3.50. The molecule has 1 unspecified atom stereocenters. The first-order valence-electron chi connectivity index (χ1n) is 9.99. The van der Waals surface area contributed by atoms with Gasteiger partial charge in [-0.05, 0) is 49.8 Å². The summed E-state index contributed by atoms with van der Waals surface area (Å²) in [6.45, 7) is 9.50. The van der Waals surface area contributed by atoms with Gasteiger partial charge in [-0.2, -0.15) is 0 Å². The molecule has 0 bridgehead atoms. The number of hydrogen-bond acceptors (Lipinski definition) is 3. The number of carbonyl (C=O) groups is 2. The van der Waals surface area contributed by atoms with Gasteiger partial charge in [0.2, 0.25) is 0 Å². The minimum Gasteiger partial charge on any atom is -0.479 e. The summed E-state index contributed by atoms with van der Waals surface area (Å²) >= 11 is 0. The van der Waals surface area contributed by atoms with Crippen LogP contribution in [-0.2, 0) is 28.1 Å². The van der Waals surface area contributed by atoms with E-state index in [1.165, 1.54) is 4.90 Å². The van der Waals surface area contributed by atoms with Crippen LogP contribution in [-0.4, -0.2) is 28.1 Å². The molecule has 29 heavy (non-hydrogen) atoms. The maximum Gasteiger partial charge on any atom is 0.411 e. The summed E-state index contributed by atoms with van der Waals surface area (Å²) in [5, 5.41) is 10.1. The monoisotopic (exact) mass is 397 g/mol. The molecule has 2 rings (SSSR count). The lowest BCUT2D eigenvalue weighted by molar-refractivity contribution is -0.151. The van der Waals surface area contributed by atoms with Crippen LogP contribution in [0.5, 0.6) is 0 Å². The van der Waals surface area contributed by atoms with Gasteiger partial charge in [0.05, 0.1) is 0 Å². The Hall–Kier alpha value is -2.82. The molecule has 156 valence electrons. The molecule has 0 aromatic heterocycles. The smallest absolute Gasteiger partial charge is 0.411 e. The van der Waals surface area contributed by atoms with Gasteiger partial charge >= 0.3 is 12.1 Å². The van der Waals surface area contributed by atoms with Gasteiger partial charge < -0.3 is 9.84 Å². The van der Waals surface area contributed by atoms with Crippen LogP contribution in [0.25, 0.3) is 0 Å². The van der Waals surface area contributed by atoms with Crippen LogP contribution in [0.1, 0.15) is 51.3 Å². The fourth-order valence-electron chi connectivity index (χ4n) is 3.50. The van der Waals surface area contributed by atoms with E-state index < -0.39 is 17.6 Å². The summed E-state index contributed by atoms with van der Waals surface area (Å²) in [6.07, 6.45) is 0.261. The zero-order valence-corrected chi connectivity index (χ0v) is 17.9. The Kier molecular flexibility index (Phi) is 7.43. The molecule has 1 atom stereocenters. The van der Waals surface area contributed by atoms with Gasteiger partial charge in [0.15, 0.2) is 5.54 Å². The number of amides is 1. The third-order valence-electron chi connectivity index (χ3n) is 4.98. The molecule has 5 nitrogen and oxygen atoms in total. The van der Waals surface area contributed by atoms with E-state index in [0.717, 1.165) is 17.5 Å². The second-order valence-corrected chi connectivity index (χ2v) is 8.18. The van der Waals surface area contributed by atoms with E-state index in [1.807, 2.05) is 42.5 Å². The van der Waals surface area contributed by atoms with Crippen LogP contribution in [0.15, 0.2) is 54.6 Å². The zero-order valence-electron chi connectivity index (χ0n) is 17.9. The highest BCUT2D eigenvalue weighted by atomic mass is 16.6. The number of carboxylic acids is 1. The van der Waals surface area contributed by atoms with Gasteiger partial charge in [-0.25, -0.2) is 9.59 Å². The predicted octanol–water partition coefficient (Wildman–Crippen LogP) is 5.23. The molecule has 0 saturated carbocycles. The molecular formula is C24H31NO4. The summed E-state index contributed by atoms with van der Waals surface area (Å²) in [5.41, 5.74) is 0.986. The van der Waals surface area contributed by atoms with Crippen molar-refractivity contribution in [1.82, 2.24) is 4.90 Å². The molecule has 0 aliphatic carbocycles. The Morgan fingerprint density at radius 2 is 1.55 bits per heavy atom. The highest BCUT2D eigenvalue weighted by molar-refractivity contribution is 5.85. The van der Waals surface area contributed by atoms with Crippen molar-refractivity contribution >= 4 is 12.1 Å². The maximum absolute atomic E-state index is 12.9. The number of aliphatic carboxylic acids is 1. The first-order valence-corrected chi connectivity index (χ1v) is 9.99. The number of ether oxygens (including phenoxy) is 1. The van der Waals surface area contributed by atoms with Crippen molar-refractivity contribution in [2.24, 2.45) is 5.92 Å². The van der Waals surface area contributed by atoms with E-state index in [2.05, 4.69) is 13.8 Å². The van der Waals surface area contributed by atoms with E-state index in [4.69, 9.17) is 4.74 Å². The first-order chi connectivity index (χ1) is 13.7. The molecule has 5 heteroatoms. The van der Waals surface area contributed by atoms with Crippen molar-refractivity contribution in [2.45, 2.75) is 59.2 Å². The largest absolute Gasteiger partial charge is 0.479 e. The summed E-state index contributed by atoms with van der Waals surface area (Å²) in [7, 11) is 0. The summed E-state index contributed by atoms with van der Waals surface area (Å²) < 4.78 is 5.47. The molecule has 2 aromatic carbocycles. The normalized spacial score (nSPS) is 13.2. The van der Waals surface area contributed by atoms with Crippen molar-refractivity contribution in [2.75, 3.05) is 0 Å². The van der Waals surface area contributed by atoms with Gasteiger partial charge in [0.1, 0.15) is 6.61 Å². The number of nitrogens with zero attached hydrogens (tertiary/aromatic N) is 1. The van der Waals surface area contributed by atoms with Gasteiger partial charge in [0.25, 0.3) is 0 Å². The third kappa shape index (κ3) is 5.37. The number of rotatable bonds is 8. The summed E-state index contributed by atoms with van der Waals surface area (Å²) in [4.78, 5) is 26.6. The van der Waals surface area contributed by atoms with E-state index in [1.54, 1.807) is 32.9 Å². The lowest BCUT2D eigenvalue weighted by Crippen LogP contribution is -2.55. The van der Waals surface area contributed by atoms with Crippen LogP contribution in [0.4, 0.5) is 4.79 Å². The first kappa shape index (κ1) is 22.5. The Morgan fingerprint density at radius 3 is 2.03 bits per heavy atom. The lowest BCUT2D eigenvalue weighted by atomic mass is 9.88. The number of carboxylic acid groups (broad SMARTS) is 1. The standard InChI is InChI=1S/C24H31NO4/c1-17(2)15-19-11-13-21(14-12-19)24(5,22(26)27)25(18(3)4)23(28)29-16-20-9-7-6-8-10-20/h6-14,17-18H,15-16H2,1-5H3,(H,26,27). The maximum atomic E-state index is 12.9. The number of carbonyl (C=O) groups excluding carboxylic acids is 1. The molecule has 0 heterocycles. The van der Waals surface area contributed by atoms with E-state index in [0.29, 0.717) is 11.5 Å². The zero-order chi connectivity index (χ0) is 21.6. The molecule has 1 N–H and O–H groups in total. The molecule has 2 aromatic rings. The molecule has 0 saturated heterocycles. The molecule has 0 spiro atoms. The second kappa shape index (κ2) is 9.59. The molecule has 1 amide bonds. The molecule has 0 aliphatic rings. The molecule has 0 radical (unpaired) electrons. The van der Waals surface area contributed by atoms with E-state index in [9.17, 15) is 14.7 Å².